The highest BCUT2D eigenvalue weighted by Crippen LogP contribution is 2.39. The summed E-state index contributed by atoms with van der Waals surface area (Å²) in [6, 6.07) is 0. The van der Waals surface area contributed by atoms with E-state index < -0.39 is 46.8 Å². The minimum atomic E-state index is -0.962. The van der Waals surface area contributed by atoms with Crippen LogP contribution in [0, 0.1) is 0 Å². The molecule has 0 bridgehead atoms. The predicted octanol–water partition coefficient (Wildman–Crippen LogP) is 0.417. The quantitative estimate of drug-likeness (QED) is 0.522. The Morgan fingerprint density at radius 3 is 1.73 bits per heavy atom. The smallest absolute Gasteiger partial charge is 0.303 e. The summed E-state index contributed by atoms with van der Waals surface area (Å²) in [6.07, 6.45) is -1.84. The molecule has 0 amide bonds. The fraction of sp³-hybridized carbons (Fsp3) is 0.692. The fourth-order valence-corrected chi connectivity index (χ4v) is 3.35. The number of ether oxygens (including phenoxy) is 4. The third-order valence-electron chi connectivity index (χ3n) is 2.60. The van der Waals surface area contributed by atoms with Crippen molar-refractivity contribution in [3.8, 4) is 0 Å². The van der Waals surface area contributed by atoms with Gasteiger partial charge in [-0.1, -0.05) is 0 Å². The molecule has 1 saturated heterocycles. The minimum absolute atomic E-state index is 0.0620. The number of carbonyl (C=O) groups is 4. The molecular formula is C13H18O8S. The Morgan fingerprint density at radius 2 is 1.27 bits per heavy atom. The van der Waals surface area contributed by atoms with Crippen LogP contribution in [0.4, 0.5) is 0 Å². The third kappa shape index (κ3) is 5.55. The van der Waals surface area contributed by atoms with E-state index in [4.69, 9.17) is 18.9 Å². The molecule has 0 N–H and O–H groups in total. The van der Waals surface area contributed by atoms with Crippen LogP contribution >= 0.6 is 11.8 Å². The number of thioether (sulfide) groups is 1. The molecule has 1 aliphatic heterocycles. The second-order valence-electron chi connectivity index (χ2n) is 4.60. The van der Waals surface area contributed by atoms with Crippen LogP contribution in [0.3, 0.4) is 0 Å². The molecule has 0 saturated carbocycles. The maximum absolute atomic E-state index is 11.3. The zero-order chi connectivity index (χ0) is 16.9. The highest BCUT2D eigenvalue weighted by atomic mass is 32.2. The summed E-state index contributed by atoms with van der Waals surface area (Å²) in [5.74, 6) is -2.25. The van der Waals surface area contributed by atoms with E-state index in [2.05, 4.69) is 0 Å². The number of carbonyl (C=O) groups excluding carboxylic acids is 4. The normalized spacial score (nSPS) is 26.9. The first kappa shape index (κ1) is 18.3. The van der Waals surface area contributed by atoms with E-state index in [1.54, 1.807) is 0 Å². The maximum Gasteiger partial charge on any atom is 0.303 e. The van der Waals surface area contributed by atoms with Gasteiger partial charge in [0, 0.05) is 27.7 Å². The SMILES string of the molecule is CC(=O)OC[C@H]1S[C@@H](OC(C)=O)[C@H](OC(C)=O)[C@@H]1OC(C)=O. The summed E-state index contributed by atoms with van der Waals surface area (Å²) in [4.78, 5) is 44.6. The van der Waals surface area contributed by atoms with E-state index in [1.807, 2.05) is 0 Å². The largest absolute Gasteiger partial charge is 0.465 e. The number of esters is 4. The summed E-state index contributed by atoms with van der Waals surface area (Å²) < 4.78 is 20.3. The van der Waals surface area contributed by atoms with Crippen LogP contribution in [0.5, 0.6) is 0 Å². The minimum Gasteiger partial charge on any atom is -0.465 e. The summed E-state index contributed by atoms with van der Waals surface area (Å²) in [7, 11) is 0. The second kappa shape index (κ2) is 8.02. The number of hydrogen-bond acceptors (Lipinski definition) is 9. The van der Waals surface area contributed by atoms with Gasteiger partial charge in [0.25, 0.3) is 0 Å². The summed E-state index contributed by atoms with van der Waals surface area (Å²) >= 11 is 1.11. The first-order valence-corrected chi connectivity index (χ1v) is 7.45. The van der Waals surface area contributed by atoms with Gasteiger partial charge in [0.05, 0.1) is 5.25 Å². The van der Waals surface area contributed by atoms with Gasteiger partial charge in [0.2, 0.25) is 0 Å². The lowest BCUT2D eigenvalue weighted by Crippen LogP contribution is -2.42. The molecule has 0 aliphatic carbocycles. The Hall–Kier alpha value is -1.77. The molecule has 4 atom stereocenters. The molecule has 0 aromatic heterocycles. The van der Waals surface area contributed by atoms with Crippen molar-refractivity contribution in [3.63, 3.8) is 0 Å². The van der Waals surface area contributed by atoms with Gasteiger partial charge in [-0.3, -0.25) is 19.2 Å². The molecule has 1 heterocycles. The lowest BCUT2D eigenvalue weighted by molar-refractivity contribution is -0.173. The Labute approximate surface area is 131 Å². The zero-order valence-corrected chi connectivity index (χ0v) is 13.5. The van der Waals surface area contributed by atoms with Crippen molar-refractivity contribution in [1.82, 2.24) is 0 Å². The average Bonchev–Trinajstić information content (AvgIpc) is 2.63. The molecule has 9 heteroatoms. The van der Waals surface area contributed by atoms with Gasteiger partial charge < -0.3 is 18.9 Å². The van der Waals surface area contributed by atoms with Crippen LogP contribution in [-0.2, 0) is 38.1 Å². The molecular weight excluding hydrogens is 316 g/mol. The van der Waals surface area contributed by atoms with Crippen LogP contribution in [0.25, 0.3) is 0 Å². The summed E-state index contributed by atoms with van der Waals surface area (Å²) in [6.45, 7) is 4.80. The standard InChI is InChI=1S/C13H18O8S/c1-6(14)18-5-10-11(19-7(2)15)12(20-8(3)16)13(22-10)21-9(4)17/h10-13H,5H2,1-4H3/t10-,11-,12-,13-/m1/s1. The van der Waals surface area contributed by atoms with Gasteiger partial charge in [0.1, 0.15) is 6.61 Å². The average molecular weight is 334 g/mol. The van der Waals surface area contributed by atoms with E-state index in [0.717, 1.165) is 11.8 Å². The van der Waals surface area contributed by atoms with Crippen molar-refractivity contribution in [2.45, 2.75) is 50.6 Å². The van der Waals surface area contributed by atoms with Crippen molar-refractivity contribution in [1.29, 1.82) is 0 Å². The number of rotatable bonds is 5. The molecule has 1 rings (SSSR count). The van der Waals surface area contributed by atoms with Gasteiger partial charge in [-0.2, -0.15) is 0 Å². The molecule has 1 aliphatic rings. The maximum atomic E-state index is 11.3. The van der Waals surface area contributed by atoms with Crippen LogP contribution in [0.1, 0.15) is 27.7 Å². The van der Waals surface area contributed by atoms with E-state index in [0.29, 0.717) is 0 Å². The molecule has 0 spiro atoms. The van der Waals surface area contributed by atoms with Crippen molar-refractivity contribution in [2.75, 3.05) is 6.61 Å². The summed E-state index contributed by atoms with van der Waals surface area (Å²) in [5, 5.41) is -0.513. The van der Waals surface area contributed by atoms with Gasteiger partial charge >= 0.3 is 23.9 Å². The Morgan fingerprint density at radius 1 is 0.773 bits per heavy atom. The Balaban J connectivity index is 2.94. The highest BCUT2D eigenvalue weighted by Gasteiger charge is 2.50. The lowest BCUT2D eigenvalue weighted by Gasteiger charge is -2.24. The van der Waals surface area contributed by atoms with Gasteiger partial charge in [-0.25, -0.2) is 0 Å². The highest BCUT2D eigenvalue weighted by molar-refractivity contribution is 8.00. The Bertz CT molecular complexity index is 463. The van der Waals surface area contributed by atoms with E-state index >= 15 is 0 Å². The second-order valence-corrected chi connectivity index (χ2v) is 5.95. The van der Waals surface area contributed by atoms with Crippen LogP contribution in [0.2, 0.25) is 0 Å². The Kier molecular flexibility index (Phi) is 6.66. The van der Waals surface area contributed by atoms with Crippen LogP contribution < -0.4 is 0 Å². The molecule has 22 heavy (non-hydrogen) atoms. The summed E-state index contributed by atoms with van der Waals surface area (Å²) in [5.41, 5.74) is -0.841. The van der Waals surface area contributed by atoms with Crippen molar-refractivity contribution < 1.29 is 38.1 Å². The van der Waals surface area contributed by atoms with Gasteiger partial charge in [0.15, 0.2) is 17.6 Å². The fourth-order valence-electron chi connectivity index (χ4n) is 1.93. The first-order chi connectivity index (χ1) is 10.2. The molecule has 0 radical (unpaired) electrons. The number of hydrogen-bond donors (Lipinski definition) is 0. The molecule has 124 valence electrons. The zero-order valence-electron chi connectivity index (χ0n) is 12.7. The van der Waals surface area contributed by atoms with E-state index in [9.17, 15) is 19.2 Å². The van der Waals surface area contributed by atoms with Crippen LogP contribution in [-0.4, -0.2) is 53.4 Å². The first-order valence-electron chi connectivity index (χ1n) is 6.51. The van der Waals surface area contributed by atoms with Crippen LogP contribution in [0.15, 0.2) is 0 Å². The molecule has 8 nitrogen and oxygen atoms in total. The molecule has 0 unspecified atom stereocenters. The van der Waals surface area contributed by atoms with Gasteiger partial charge in [-0.15, -0.1) is 11.8 Å². The predicted molar refractivity (Wildman–Crippen MR) is 74.7 cm³/mol. The van der Waals surface area contributed by atoms with Crippen molar-refractivity contribution in [2.24, 2.45) is 0 Å². The van der Waals surface area contributed by atoms with E-state index in [-0.39, 0.29) is 6.61 Å². The van der Waals surface area contributed by atoms with Crippen molar-refractivity contribution in [3.05, 3.63) is 0 Å². The molecule has 0 aromatic carbocycles. The topological polar surface area (TPSA) is 105 Å². The van der Waals surface area contributed by atoms with Gasteiger partial charge in [-0.05, 0) is 0 Å². The van der Waals surface area contributed by atoms with Crippen molar-refractivity contribution >= 4 is 35.6 Å². The lowest BCUT2D eigenvalue weighted by atomic mass is 10.1. The monoisotopic (exact) mass is 334 g/mol. The third-order valence-corrected chi connectivity index (χ3v) is 3.99. The molecule has 1 fully saturated rings. The molecule has 0 aromatic rings. The van der Waals surface area contributed by atoms with E-state index in [1.165, 1.54) is 27.7 Å².